The van der Waals surface area contributed by atoms with Crippen molar-refractivity contribution in [3.63, 3.8) is 0 Å². The van der Waals surface area contributed by atoms with Gasteiger partial charge in [-0.2, -0.15) is 0 Å². The molecule has 0 spiro atoms. The molecule has 1 aliphatic heterocycles. The Hall–Kier alpha value is -3.70. The number of rotatable bonds is 12. The molecule has 3 atom stereocenters. The number of carbonyl (C=O) groups is 1. The number of ether oxygens (including phenoxy) is 3. The first kappa shape index (κ1) is 26.4. The minimum Gasteiger partial charge on any atom is -0.457 e. The van der Waals surface area contributed by atoms with Gasteiger partial charge in [0, 0.05) is 31.0 Å². The maximum atomic E-state index is 12.9. The van der Waals surface area contributed by atoms with Crippen LogP contribution in [-0.2, 0) is 23.8 Å². The van der Waals surface area contributed by atoms with Gasteiger partial charge >= 0.3 is 5.97 Å². The maximum Gasteiger partial charge on any atom is 0.306 e. The van der Waals surface area contributed by atoms with Gasteiger partial charge < -0.3 is 28.8 Å². The van der Waals surface area contributed by atoms with Crippen LogP contribution in [0.1, 0.15) is 53.9 Å². The molecule has 0 aliphatic carbocycles. The van der Waals surface area contributed by atoms with E-state index in [-0.39, 0.29) is 13.0 Å². The second kappa shape index (κ2) is 12.0. The summed E-state index contributed by atoms with van der Waals surface area (Å²) in [4.78, 5) is 32.4. The van der Waals surface area contributed by atoms with E-state index >= 15 is 0 Å². The number of anilines is 1. The van der Waals surface area contributed by atoms with Gasteiger partial charge in [-0.3, -0.25) is 4.79 Å². The third kappa shape index (κ3) is 6.00. The molecule has 1 aromatic carbocycles. The Morgan fingerprint density at radius 1 is 1.14 bits per heavy atom. The SMILES string of the molecule is COCCO[C@@H]1c2ccn3c(C)c(C)nc3c2N[C@@H](c2ccccc2)[C@H]1OC(=O)CCCCO[N+](=O)[O-]. The number of hydrogen-bond acceptors (Lipinski definition) is 9. The summed E-state index contributed by atoms with van der Waals surface area (Å²) in [5.74, 6) is -0.411. The summed E-state index contributed by atoms with van der Waals surface area (Å²) in [5, 5.41) is 13.1. The van der Waals surface area contributed by atoms with Gasteiger partial charge in [-0.05, 0) is 38.3 Å². The summed E-state index contributed by atoms with van der Waals surface area (Å²) in [6.07, 6.45) is 1.59. The molecule has 2 aromatic heterocycles. The lowest BCUT2D eigenvalue weighted by atomic mass is 9.88. The summed E-state index contributed by atoms with van der Waals surface area (Å²) >= 11 is 0. The second-order valence-corrected chi connectivity index (χ2v) is 8.91. The van der Waals surface area contributed by atoms with Crippen molar-refractivity contribution >= 4 is 17.3 Å². The Balaban J connectivity index is 1.66. The van der Waals surface area contributed by atoms with Crippen molar-refractivity contribution < 1.29 is 28.9 Å². The van der Waals surface area contributed by atoms with Crippen LogP contribution in [0.2, 0.25) is 0 Å². The number of carbonyl (C=O) groups excluding carboxylic acids is 1. The molecule has 3 aromatic rings. The molecule has 1 aliphatic rings. The van der Waals surface area contributed by atoms with Crippen LogP contribution < -0.4 is 5.32 Å². The standard InChI is InChI=1S/C26H32N4O7/c1-17-18(2)29-13-12-20-23(26(29)27-17)28-22(19-9-5-4-6-10-19)25(24(20)35-16-15-34-3)37-21(31)11-7-8-14-36-30(32)33/h4-6,9-10,12-13,22,24-25,28H,7-8,11,14-16H2,1-3H3/t22-,24+,25+/m0/s1. The van der Waals surface area contributed by atoms with Crippen molar-refractivity contribution in [1.82, 2.24) is 9.38 Å². The van der Waals surface area contributed by atoms with E-state index in [0.717, 1.165) is 33.8 Å². The van der Waals surface area contributed by atoms with Crippen LogP contribution in [0.4, 0.5) is 5.69 Å². The monoisotopic (exact) mass is 512 g/mol. The fourth-order valence-corrected chi connectivity index (χ4v) is 4.55. The third-order valence-corrected chi connectivity index (χ3v) is 6.52. The lowest BCUT2D eigenvalue weighted by molar-refractivity contribution is -0.757. The lowest BCUT2D eigenvalue weighted by Crippen LogP contribution is -2.41. The van der Waals surface area contributed by atoms with Crippen molar-refractivity contribution in [3.8, 4) is 0 Å². The Kier molecular flexibility index (Phi) is 8.57. The number of unbranched alkanes of at least 4 members (excludes halogenated alkanes) is 1. The third-order valence-electron chi connectivity index (χ3n) is 6.52. The molecular weight excluding hydrogens is 480 g/mol. The number of pyridine rings is 1. The highest BCUT2D eigenvalue weighted by atomic mass is 16.9. The quantitative estimate of drug-likeness (QED) is 0.165. The number of imidazole rings is 1. The van der Waals surface area contributed by atoms with Crippen LogP contribution in [0.3, 0.4) is 0 Å². The topological polar surface area (TPSA) is 126 Å². The minimum atomic E-state index is -0.838. The molecule has 0 unspecified atom stereocenters. The molecule has 0 bridgehead atoms. The molecule has 0 radical (unpaired) electrons. The van der Waals surface area contributed by atoms with Gasteiger partial charge in [0.1, 0.15) is 6.10 Å². The van der Waals surface area contributed by atoms with Crippen molar-refractivity contribution in [2.45, 2.75) is 51.4 Å². The van der Waals surface area contributed by atoms with E-state index in [0.29, 0.717) is 26.1 Å². The highest BCUT2D eigenvalue weighted by molar-refractivity contribution is 5.76. The molecule has 0 saturated carbocycles. The summed E-state index contributed by atoms with van der Waals surface area (Å²) in [5.41, 5.74) is 5.37. The number of nitrogens with zero attached hydrogens (tertiary/aromatic N) is 3. The van der Waals surface area contributed by atoms with E-state index in [1.54, 1.807) is 7.11 Å². The largest absolute Gasteiger partial charge is 0.457 e. The zero-order chi connectivity index (χ0) is 26.4. The first-order valence-corrected chi connectivity index (χ1v) is 12.3. The normalized spacial score (nSPS) is 18.7. The molecular formula is C26H32N4O7. The van der Waals surface area contributed by atoms with Crippen LogP contribution in [0.5, 0.6) is 0 Å². The fourth-order valence-electron chi connectivity index (χ4n) is 4.55. The van der Waals surface area contributed by atoms with E-state index in [1.165, 1.54) is 0 Å². The number of aromatic nitrogens is 2. The molecule has 0 amide bonds. The predicted octanol–water partition coefficient (Wildman–Crippen LogP) is 4.11. The Labute approximate surface area is 214 Å². The van der Waals surface area contributed by atoms with Gasteiger partial charge in [0.15, 0.2) is 11.8 Å². The molecule has 11 heteroatoms. The molecule has 0 saturated heterocycles. The summed E-state index contributed by atoms with van der Waals surface area (Å²) in [7, 11) is 1.60. The molecule has 11 nitrogen and oxygen atoms in total. The summed E-state index contributed by atoms with van der Waals surface area (Å²) in [6.45, 7) is 4.63. The molecule has 4 rings (SSSR count). The van der Waals surface area contributed by atoms with Crippen molar-refractivity contribution in [2.24, 2.45) is 0 Å². The van der Waals surface area contributed by atoms with Crippen molar-refractivity contribution in [1.29, 1.82) is 0 Å². The minimum absolute atomic E-state index is 0.0623. The number of benzene rings is 1. The molecule has 3 heterocycles. The van der Waals surface area contributed by atoms with Gasteiger partial charge in [-0.25, -0.2) is 4.98 Å². The molecule has 37 heavy (non-hydrogen) atoms. The maximum absolute atomic E-state index is 12.9. The van der Waals surface area contributed by atoms with Crippen molar-refractivity contribution in [2.75, 3.05) is 32.2 Å². The van der Waals surface area contributed by atoms with E-state index in [2.05, 4.69) is 10.2 Å². The van der Waals surface area contributed by atoms with Crippen LogP contribution in [-0.4, -0.2) is 53.5 Å². The average molecular weight is 513 g/mol. The fraction of sp³-hybridized carbons (Fsp3) is 0.462. The Morgan fingerprint density at radius 2 is 1.92 bits per heavy atom. The Bertz CT molecular complexity index is 1230. The molecule has 0 fully saturated rings. The number of nitrogens with one attached hydrogen (secondary N) is 1. The zero-order valence-corrected chi connectivity index (χ0v) is 21.2. The van der Waals surface area contributed by atoms with E-state index < -0.39 is 29.3 Å². The van der Waals surface area contributed by atoms with Gasteiger partial charge in [0.2, 0.25) is 0 Å². The predicted molar refractivity (Wildman–Crippen MR) is 135 cm³/mol. The number of aryl methyl sites for hydroxylation is 2. The Morgan fingerprint density at radius 3 is 2.65 bits per heavy atom. The smallest absolute Gasteiger partial charge is 0.306 e. The van der Waals surface area contributed by atoms with Crippen molar-refractivity contribution in [3.05, 3.63) is 75.2 Å². The van der Waals surface area contributed by atoms with Crippen LogP contribution in [0.15, 0.2) is 42.6 Å². The van der Waals surface area contributed by atoms with E-state index in [4.69, 9.17) is 19.2 Å². The highest BCUT2D eigenvalue weighted by Gasteiger charge is 2.42. The van der Waals surface area contributed by atoms with E-state index in [1.807, 2.05) is 60.8 Å². The number of methoxy groups -OCH3 is 1. The van der Waals surface area contributed by atoms with Gasteiger partial charge in [-0.15, -0.1) is 10.1 Å². The first-order chi connectivity index (χ1) is 17.9. The number of hydrogen-bond donors (Lipinski definition) is 1. The van der Waals surface area contributed by atoms with Gasteiger partial charge in [0.25, 0.3) is 5.09 Å². The average Bonchev–Trinajstić information content (AvgIpc) is 3.18. The summed E-state index contributed by atoms with van der Waals surface area (Å²) < 4.78 is 19.6. The van der Waals surface area contributed by atoms with Crippen LogP contribution >= 0.6 is 0 Å². The van der Waals surface area contributed by atoms with Gasteiger partial charge in [0.05, 0.1) is 37.2 Å². The van der Waals surface area contributed by atoms with E-state index in [9.17, 15) is 14.9 Å². The molecule has 1 N–H and O–H groups in total. The van der Waals surface area contributed by atoms with Crippen LogP contribution in [0, 0.1) is 24.0 Å². The second-order valence-electron chi connectivity index (χ2n) is 8.91. The zero-order valence-electron chi connectivity index (χ0n) is 21.2. The lowest BCUT2D eigenvalue weighted by Gasteiger charge is -2.40. The highest BCUT2D eigenvalue weighted by Crippen LogP contribution is 2.44. The van der Waals surface area contributed by atoms with Gasteiger partial charge in [-0.1, -0.05) is 30.3 Å². The van der Waals surface area contributed by atoms with Crippen LogP contribution in [0.25, 0.3) is 5.65 Å². The summed E-state index contributed by atoms with van der Waals surface area (Å²) in [6, 6.07) is 11.3. The first-order valence-electron chi connectivity index (χ1n) is 12.3. The number of esters is 1. The number of fused-ring (bicyclic) bond motifs is 3. The molecule has 198 valence electrons.